The van der Waals surface area contributed by atoms with Crippen LogP contribution in [-0.2, 0) is 4.74 Å². The number of methoxy groups -OCH3 is 1. The molecule has 2 aromatic carbocycles. The van der Waals surface area contributed by atoms with Gasteiger partial charge in [-0.25, -0.2) is 4.98 Å². The molecule has 0 amide bonds. The van der Waals surface area contributed by atoms with Crippen molar-refractivity contribution >= 4 is 33.4 Å². The molecule has 0 fully saturated rings. The molecule has 0 radical (unpaired) electrons. The summed E-state index contributed by atoms with van der Waals surface area (Å²) in [5.41, 5.74) is 3.98. The van der Waals surface area contributed by atoms with Gasteiger partial charge in [-0.2, -0.15) is 15.2 Å². The summed E-state index contributed by atoms with van der Waals surface area (Å²) in [6, 6.07) is 13.7. The molecule has 8 heteroatoms. The van der Waals surface area contributed by atoms with Crippen molar-refractivity contribution in [2.24, 2.45) is 0 Å². The molecular weight excluding hydrogens is 356 g/mol. The fourth-order valence-corrected chi connectivity index (χ4v) is 2.95. The highest BCUT2D eigenvalue weighted by Gasteiger charge is 2.15. The zero-order chi connectivity index (χ0) is 19.5. The third-order valence-electron chi connectivity index (χ3n) is 4.41. The van der Waals surface area contributed by atoms with Crippen LogP contribution in [-0.4, -0.2) is 47.3 Å². The highest BCUT2D eigenvalue weighted by Crippen LogP contribution is 2.32. The van der Waals surface area contributed by atoms with Crippen LogP contribution >= 0.6 is 0 Å². The van der Waals surface area contributed by atoms with E-state index in [1.807, 2.05) is 30.1 Å². The molecule has 0 aliphatic carbocycles. The molecule has 4 rings (SSSR count). The summed E-state index contributed by atoms with van der Waals surface area (Å²) in [4.78, 5) is 18.4. The number of nitriles is 1. The molecule has 0 atom stereocenters. The minimum atomic E-state index is 0.263. The highest BCUT2D eigenvalue weighted by atomic mass is 16.5. The Hall–Kier alpha value is -3.70. The van der Waals surface area contributed by atoms with E-state index in [1.165, 1.54) is 0 Å². The van der Waals surface area contributed by atoms with Gasteiger partial charge in [-0.05, 0) is 36.4 Å². The van der Waals surface area contributed by atoms with Gasteiger partial charge in [0, 0.05) is 25.2 Å². The Balaban J connectivity index is 1.82. The molecule has 2 heterocycles. The molecule has 0 saturated carbocycles. The minimum absolute atomic E-state index is 0.263. The Kier molecular flexibility index (Phi) is 4.74. The van der Waals surface area contributed by atoms with E-state index >= 15 is 0 Å². The second kappa shape index (κ2) is 7.50. The van der Waals surface area contributed by atoms with Crippen LogP contribution in [0.25, 0.3) is 21.9 Å². The minimum Gasteiger partial charge on any atom is -0.461 e. The van der Waals surface area contributed by atoms with Gasteiger partial charge in [-0.1, -0.05) is 0 Å². The van der Waals surface area contributed by atoms with Gasteiger partial charge in [-0.3, -0.25) is 0 Å². The van der Waals surface area contributed by atoms with Crippen LogP contribution in [0.4, 0.5) is 11.5 Å². The van der Waals surface area contributed by atoms with E-state index < -0.39 is 0 Å². The summed E-state index contributed by atoms with van der Waals surface area (Å²) in [7, 11) is 3.52. The first kappa shape index (κ1) is 17.7. The molecule has 1 N–H and O–H groups in total. The monoisotopic (exact) mass is 374 g/mol. The lowest BCUT2D eigenvalue weighted by Gasteiger charge is -2.21. The van der Waals surface area contributed by atoms with E-state index in [2.05, 4.69) is 26.0 Å². The average molecular weight is 374 g/mol. The summed E-state index contributed by atoms with van der Waals surface area (Å²) < 4.78 is 10.7. The van der Waals surface area contributed by atoms with Gasteiger partial charge in [0.05, 0.1) is 41.1 Å². The number of fused-ring (bicyclic) bond motifs is 2. The molecular formula is C20H18N6O2. The third kappa shape index (κ3) is 3.31. The zero-order valence-electron chi connectivity index (χ0n) is 15.5. The normalized spacial score (nSPS) is 10.9. The maximum Gasteiger partial charge on any atom is 0.319 e. The number of anilines is 2. The zero-order valence-corrected chi connectivity index (χ0v) is 15.5. The van der Waals surface area contributed by atoms with Crippen molar-refractivity contribution in [3.05, 3.63) is 48.3 Å². The largest absolute Gasteiger partial charge is 0.461 e. The first-order valence-corrected chi connectivity index (χ1v) is 8.70. The number of ether oxygens (including phenoxy) is 2. The number of hydrogen-bond donors (Lipinski definition) is 1. The predicted molar refractivity (Wildman–Crippen MR) is 106 cm³/mol. The second-order valence-corrected chi connectivity index (χ2v) is 6.18. The van der Waals surface area contributed by atoms with Crippen LogP contribution in [0.1, 0.15) is 5.56 Å². The number of aromatic amines is 1. The van der Waals surface area contributed by atoms with Crippen molar-refractivity contribution in [3.63, 3.8) is 0 Å². The Labute approximate surface area is 161 Å². The van der Waals surface area contributed by atoms with E-state index in [0.29, 0.717) is 30.1 Å². The first-order chi connectivity index (χ1) is 13.7. The van der Waals surface area contributed by atoms with Gasteiger partial charge in [0.1, 0.15) is 12.4 Å². The smallest absolute Gasteiger partial charge is 0.319 e. The Bertz CT molecular complexity index is 1180. The molecule has 28 heavy (non-hydrogen) atoms. The van der Waals surface area contributed by atoms with Gasteiger partial charge in [-0.15, -0.1) is 0 Å². The van der Waals surface area contributed by atoms with Crippen molar-refractivity contribution in [1.29, 1.82) is 5.26 Å². The molecule has 0 bridgehead atoms. The lowest BCUT2D eigenvalue weighted by atomic mass is 10.1. The summed E-state index contributed by atoms with van der Waals surface area (Å²) >= 11 is 0. The summed E-state index contributed by atoms with van der Waals surface area (Å²) in [6.45, 7) is 0.790. The van der Waals surface area contributed by atoms with Crippen molar-refractivity contribution in [1.82, 2.24) is 19.9 Å². The van der Waals surface area contributed by atoms with Gasteiger partial charge < -0.3 is 19.4 Å². The highest BCUT2D eigenvalue weighted by molar-refractivity contribution is 5.93. The number of aromatic nitrogens is 4. The molecule has 2 aromatic heterocycles. The summed E-state index contributed by atoms with van der Waals surface area (Å²) in [5.74, 6) is 0.647. The van der Waals surface area contributed by atoms with E-state index in [4.69, 9.17) is 9.47 Å². The molecule has 0 unspecified atom stereocenters. The number of imidazole rings is 1. The van der Waals surface area contributed by atoms with Crippen LogP contribution in [0.2, 0.25) is 0 Å². The van der Waals surface area contributed by atoms with Crippen LogP contribution in [0.3, 0.4) is 0 Å². The second-order valence-electron chi connectivity index (χ2n) is 6.18. The molecule has 0 aliphatic heterocycles. The van der Waals surface area contributed by atoms with Crippen molar-refractivity contribution in [3.8, 4) is 12.1 Å². The Morgan fingerprint density at radius 3 is 2.79 bits per heavy atom. The molecule has 8 nitrogen and oxygen atoms in total. The lowest BCUT2D eigenvalue weighted by Crippen LogP contribution is -2.14. The fourth-order valence-electron chi connectivity index (χ4n) is 2.95. The topological polar surface area (TPSA) is 100.0 Å². The molecule has 0 spiro atoms. The van der Waals surface area contributed by atoms with Gasteiger partial charge in [0.2, 0.25) is 0 Å². The standard InChI is InChI=1S/C20H18N6O2/c1-26(14-4-6-17-18(10-14)23-12-22-17)19-15-9-13(11-21)3-5-16(15)24-20(25-19)28-8-7-27-2/h3-6,9-10,12H,7-8H2,1-2H3,(H,22,23). The van der Waals surface area contributed by atoms with Crippen LogP contribution < -0.4 is 9.64 Å². The third-order valence-corrected chi connectivity index (χ3v) is 4.41. The van der Waals surface area contributed by atoms with E-state index in [1.54, 1.807) is 31.6 Å². The fraction of sp³-hybridized carbons (Fsp3) is 0.200. The predicted octanol–water partition coefficient (Wildman–Crippen LogP) is 3.17. The van der Waals surface area contributed by atoms with E-state index in [9.17, 15) is 5.26 Å². The Morgan fingerprint density at radius 1 is 1.11 bits per heavy atom. The maximum atomic E-state index is 9.28. The molecule has 0 saturated heterocycles. The Morgan fingerprint density at radius 2 is 1.96 bits per heavy atom. The van der Waals surface area contributed by atoms with E-state index in [-0.39, 0.29) is 6.01 Å². The summed E-state index contributed by atoms with van der Waals surface area (Å²) in [6.07, 6.45) is 1.66. The van der Waals surface area contributed by atoms with Gasteiger partial charge >= 0.3 is 6.01 Å². The lowest BCUT2D eigenvalue weighted by molar-refractivity contribution is 0.141. The molecule has 0 aliphatic rings. The average Bonchev–Trinajstić information content (AvgIpc) is 3.20. The van der Waals surface area contributed by atoms with Crippen LogP contribution in [0, 0.1) is 11.3 Å². The quantitative estimate of drug-likeness (QED) is 0.517. The number of nitrogens with zero attached hydrogens (tertiary/aromatic N) is 5. The van der Waals surface area contributed by atoms with Crippen molar-refractivity contribution in [2.75, 3.05) is 32.3 Å². The van der Waals surface area contributed by atoms with Crippen LogP contribution in [0.15, 0.2) is 42.7 Å². The number of nitrogens with one attached hydrogen (secondary N) is 1. The molecule has 4 aromatic rings. The molecule has 140 valence electrons. The van der Waals surface area contributed by atoms with E-state index in [0.717, 1.165) is 22.1 Å². The number of H-pyrrole nitrogens is 1. The first-order valence-electron chi connectivity index (χ1n) is 8.70. The number of rotatable bonds is 6. The van der Waals surface area contributed by atoms with Gasteiger partial charge in [0.25, 0.3) is 0 Å². The number of benzene rings is 2. The summed E-state index contributed by atoms with van der Waals surface area (Å²) in [5, 5.41) is 10.1. The maximum absolute atomic E-state index is 9.28. The number of hydrogen-bond acceptors (Lipinski definition) is 7. The van der Waals surface area contributed by atoms with Crippen molar-refractivity contribution in [2.45, 2.75) is 0 Å². The van der Waals surface area contributed by atoms with Crippen LogP contribution in [0.5, 0.6) is 6.01 Å². The van der Waals surface area contributed by atoms with Crippen molar-refractivity contribution < 1.29 is 9.47 Å². The van der Waals surface area contributed by atoms with Gasteiger partial charge in [0.15, 0.2) is 0 Å². The SMILES string of the molecule is COCCOc1nc(N(C)c2ccc3nc[nH]c3c2)c2cc(C#N)ccc2n1.